The number of hydrogen-bond donors (Lipinski definition) is 2. The zero-order chi connectivity index (χ0) is 12.6. The van der Waals surface area contributed by atoms with Gasteiger partial charge in [-0.15, -0.1) is 0 Å². The fourth-order valence-corrected chi connectivity index (χ4v) is 2.13. The minimum Gasteiger partial charge on any atom is -0.397 e. The maximum absolute atomic E-state index is 11.1. The van der Waals surface area contributed by atoms with Crippen molar-refractivity contribution in [1.29, 1.82) is 0 Å². The summed E-state index contributed by atoms with van der Waals surface area (Å²) in [6.07, 6.45) is 1.28. The molecule has 17 heavy (non-hydrogen) atoms. The number of amides is 1. The summed E-state index contributed by atoms with van der Waals surface area (Å²) in [5.41, 5.74) is 13.3. The Balaban J connectivity index is 2.17. The van der Waals surface area contributed by atoms with Gasteiger partial charge in [0.2, 0.25) is 5.91 Å². The Kier molecular flexibility index (Phi) is 2.96. The van der Waals surface area contributed by atoms with Crippen LogP contribution in [0.5, 0.6) is 0 Å². The highest BCUT2D eigenvalue weighted by Crippen LogP contribution is 2.39. The normalized spacial score (nSPS) is 22.2. The number of nitrogens with two attached hydrogens (primary N) is 2. The first-order valence-electron chi connectivity index (χ1n) is 5.89. The van der Waals surface area contributed by atoms with Crippen LogP contribution in [-0.4, -0.2) is 19.5 Å². The van der Waals surface area contributed by atoms with Gasteiger partial charge in [-0.05, 0) is 36.5 Å². The summed E-state index contributed by atoms with van der Waals surface area (Å²) in [7, 11) is 2.00. The van der Waals surface area contributed by atoms with Gasteiger partial charge in [-0.1, -0.05) is 6.92 Å². The van der Waals surface area contributed by atoms with Crippen molar-refractivity contribution in [3.63, 3.8) is 0 Å². The first-order valence-corrected chi connectivity index (χ1v) is 5.89. The Morgan fingerprint density at radius 2 is 2.18 bits per heavy atom. The molecule has 2 unspecified atom stereocenters. The van der Waals surface area contributed by atoms with E-state index in [1.165, 1.54) is 6.42 Å². The minimum absolute atomic E-state index is 0.417. The number of benzene rings is 1. The van der Waals surface area contributed by atoms with Crippen molar-refractivity contribution in [2.24, 2.45) is 17.6 Å². The molecule has 1 aromatic rings. The number of nitrogens with zero attached hydrogens (tertiary/aromatic N) is 1. The quantitative estimate of drug-likeness (QED) is 0.773. The summed E-state index contributed by atoms with van der Waals surface area (Å²) in [4.78, 5) is 13.2. The average molecular weight is 233 g/mol. The molecule has 0 aliphatic heterocycles. The largest absolute Gasteiger partial charge is 0.397 e. The number of rotatable bonds is 4. The standard InChI is InChI=1S/C13H19N3O/c1-8-5-10(8)7-16(2)12-6-9(13(15)17)3-4-11(12)14/h3-4,6,8,10H,5,7,14H2,1-2H3,(H2,15,17). The number of nitrogen functional groups attached to an aromatic ring is 1. The molecule has 0 radical (unpaired) electrons. The summed E-state index contributed by atoms with van der Waals surface area (Å²) < 4.78 is 0. The van der Waals surface area contributed by atoms with Crippen LogP contribution in [0.2, 0.25) is 0 Å². The van der Waals surface area contributed by atoms with Crippen LogP contribution < -0.4 is 16.4 Å². The molecular formula is C13H19N3O. The molecule has 2 rings (SSSR count). The Bertz CT molecular complexity index is 444. The van der Waals surface area contributed by atoms with Crippen molar-refractivity contribution in [2.75, 3.05) is 24.2 Å². The second kappa shape index (κ2) is 4.28. The summed E-state index contributed by atoms with van der Waals surface area (Å²) in [6.45, 7) is 3.23. The molecule has 92 valence electrons. The molecule has 1 fully saturated rings. The van der Waals surface area contributed by atoms with Crippen LogP contribution in [0.15, 0.2) is 18.2 Å². The van der Waals surface area contributed by atoms with Crippen molar-refractivity contribution in [3.05, 3.63) is 23.8 Å². The monoisotopic (exact) mass is 233 g/mol. The van der Waals surface area contributed by atoms with Crippen molar-refractivity contribution < 1.29 is 4.79 Å². The van der Waals surface area contributed by atoms with Crippen LogP contribution in [-0.2, 0) is 0 Å². The SMILES string of the molecule is CC1CC1CN(C)c1cc(C(N)=O)ccc1N. The first kappa shape index (κ1) is 11.8. The number of carbonyl (C=O) groups excluding carboxylic acids is 1. The van der Waals surface area contributed by atoms with Crippen molar-refractivity contribution in [1.82, 2.24) is 0 Å². The lowest BCUT2D eigenvalue weighted by molar-refractivity contribution is 0.100. The van der Waals surface area contributed by atoms with Crippen LogP contribution in [0.4, 0.5) is 11.4 Å². The third-order valence-corrected chi connectivity index (χ3v) is 3.51. The predicted molar refractivity (Wildman–Crippen MR) is 69.9 cm³/mol. The van der Waals surface area contributed by atoms with Gasteiger partial charge < -0.3 is 16.4 Å². The molecule has 0 saturated heterocycles. The fraction of sp³-hybridized carbons (Fsp3) is 0.462. The smallest absolute Gasteiger partial charge is 0.248 e. The van der Waals surface area contributed by atoms with Gasteiger partial charge in [-0.3, -0.25) is 4.79 Å². The molecule has 4 heteroatoms. The highest BCUT2D eigenvalue weighted by Gasteiger charge is 2.33. The van der Waals surface area contributed by atoms with Gasteiger partial charge >= 0.3 is 0 Å². The van der Waals surface area contributed by atoms with E-state index in [-0.39, 0.29) is 0 Å². The van der Waals surface area contributed by atoms with E-state index in [0.29, 0.717) is 11.3 Å². The molecular weight excluding hydrogens is 214 g/mol. The Morgan fingerprint density at radius 3 is 2.71 bits per heavy atom. The Labute approximate surface area is 102 Å². The van der Waals surface area contributed by atoms with E-state index in [4.69, 9.17) is 11.5 Å². The zero-order valence-electron chi connectivity index (χ0n) is 10.3. The van der Waals surface area contributed by atoms with Gasteiger partial charge in [0, 0.05) is 19.2 Å². The lowest BCUT2D eigenvalue weighted by Gasteiger charge is -2.21. The highest BCUT2D eigenvalue weighted by atomic mass is 16.1. The molecule has 1 aliphatic rings. The minimum atomic E-state index is -0.417. The lowest BCUT2D eigenvalue weighted by atomic mass is 10.1. The van der Waals surface area contributed by atoms with Gasteiger partial charge in [0.1, 0.15) is 0 Å². The Morgan fingerprint density at radius 1 is 1.53 bits per heavy atom. The lowest BCUT2D eigenvalue weighted by Crippen LogP contribution is -2.22. The second-order valence-corrected chi connectivity index (χ2v) is 4.99. The molecule has 4 nitrogen and oxygen atoms in total. The molecule has 1 saturated carbocycles. The molecule has 0 bridgehead atoms. The second-order valence-electron chi connectivity index (χ2n) is 4.99. The van der Waals surface area contributed by atoms with E-state index in [2.05, 4.69) is 11.8 Å². The summed E-state index contributed by atoms with van der Waals surface area (Å²) in [5.74, 6) is 1.13. The van der Waals surface area contributed by atoms with Gasteiger partial charge in [0.25, 0.3) is 0 Å². The summed E-state index contributed by atoms with van der Waals surface area (Å²) in [6, 6.07) is 5.17. The van der Waals surface area contributed by atoms with Crippen molar-refractivity contribution >= 4 is 17.3 Å². The topological polar surface area (TPSA) is 72.3 Å². The highest BCUT2D eigenvalue weighted by molar-refractivity contribution is 5.95. The summed E-state index contributed by atoms with van der Waals surface area (Å²) >= 11 is 0. The van der Waals surface area contributed by atoms with Crippen LogP contribution >= 0.6 is 0 Å². The van der Waals surface area contributed by atoms with Gasteiger partial charge in [-0.25, -0.2) is 0 Å². The first-order chi connectivity index (χ1) is 7.99. The molecule has 0 heterocycles. The van der Waals surface area contributed by atoms with E-state index in [9.17, 15) is 4.79 Å². The number of carbonyl (C=O) groups is 1. The molecule has 1 amide bonds. The number of anilines is 2. The van der Waals surface area contributed by atoms with Crippen LogP contribution in [0, 0.1) is 11.8 Å². The summed E-state index contributed by atoms with van der Waals surface area (Å²) in [5, 5.41) is 0. The van der Waals surface area contributed by atoms with E-state index >= 15 is 0 Å². The molecule has 0 aromatic heterocycles. The van der Waals surface area contributed by atoms with Crippen LogP contribution in [0.1, 0.15) is 23.7 Å². The van der Waals surface area contributed by atoms with E-state index in [1.807, 2.05) is 7.05 Å². The van der Waals surface area contributed by atoms with E-state index < -0.39 is 5.91 Å². The Hall–Kier alpha value is -1.71. The fourth-order valence-electron chi connectivity index (χ4n) is 2.13. The molecule has 1 aromatic carbocycles. The molecule has 0 spiro atoms. The van der Waals surface area contributed by atoms with E-state index in [0.717, 1.165) is 24.1 Å². The van der Waals surface area contributed by atoms with Gasteiger partial charge in [0.15, 0.2) is 0 Å². The van der Waals surface area contributed by atoms with Gasteiger partial charge in [-0.2, -0.15) is 0 Å². The van der Waals surface area contributed by atoms with Crippen LogP contribution in [0.25, 0.3) is 0 Å². The number of hydrogen-bond acceptors (Lipinski definition) is 3. The van der Waals surface area contributed by atoms with Crippen molar-refractivity contribution in [2.45, 2.75) is 13.3 Å². The van der Waals surface area contributed by atoms with E-state index in [1.54, 1.807) is 18.2 Å². The maximum atomic E-state index is 11.1. The predicted octanol–water partition coefficient (Wildman–Crippen LogP) is 1.46. The maximum Gasteiger partial charge on any atom is 0.248 e. The number of primary amides is 1. The van der Waals surface area contributed by atoms with Gasteiger partial charge in [0.05, 0.1) is 11.4 Å². The zero-order valence-corrected chi connectivity index (χ0v) is 10.3. The third-order valence-electron chi connectivity index (χ3n) is 3.51. The third kappa shape index (κ3) is 2.52. The van der Waals surface area contributed by atoms with Crippen LogP contribution in [0.3, 0.4) is 0 Å². The average Bonchev–Trinajstić information content (AvgIpc) is 2.94. The molecule has 4 N–H and O–H groups in total. The van der Waals surface area contributed by atoms with Crippen molar-refractivity contribution in [3.8, 4) is 0 Å². The molecule has 1 aliphatic carbocycles. The molecule has 2 atom stereocenters.